The van der Waals surface area contributed by atoms with Gasteiger partial charge in [-0.15, -0.1) is 0 Å². The minimum absolute atomic E-state index is 0.652. The first-order valence-corrected chi connectivity index (χ1v) is 6.97. The number of aromatic nitrogens is 1. The maximum absolute atomic E-state index is 5.50. The van der Waals surface area contributed by atoms with E-state index in [0.717, 1.165) is 30.6 Å². The Morgan fingerprint density at radius 3 is 2.33 bits per heavy atom. The van der Waals surface area contributed by atoms with E-state index in [2.05, 4.69) is 11.1 Å². The minimum atomic E-state index is 0.652. The molecule has 0 bridgehead atoms. The number of nitrogens with zero attached hydrogens (tertiary/aromatic N) is 1. The molecule has 0 fully saturated rings. The van der Waals surface area contributed by atoms with E-state index in [9.17, 15) is 0 Å². The zero-order valence-electron chi connectivity index (χ0n) is 12.8. The second-order valence-corrected chi connectivity index (χ2v) is 4.71. The Balaban J connectivity index is 2.09. The Hall–Kier alpha value is -2.23. The molecule has 0 unspecified atom stereocenters. The lowest BCUT2D eigenvalue weighted by Crippen LogP contribution is -1.99. The Kier molecular flexibility index (Phi) is 5.43. The van der Waals surface area contributed by atoms with Crippen molar-refractivity contribution in [3.8, 4) is 17.2 Å². The van der Waals surface area contributed by atoms with Crippen molar-refractivity contribution in [2.24, 2.45) is 0 Å². The maximum Gasteiger partial charge on any atom is 0.203 e. The standard InChI is InChI=1S/C17H21NO3/c1-19-15-10-9-14(16(20-2)17(15)21-3)8-4-6-13-7-5-11-18-12-13/h5,7,9-12H,4,6,8H2,1-3H3. The van der Waals surface area contributed by atoms with Gasteiger partial charge in [-0.25, -0.2) is 0 Å². The molecule has 0 radical (unpaired) electrons. The molecule has 0 saturated heterocycles. The number of hydrogen-bond donors (Lipinski definition) is 0. The molecule has 4 nitrogen and oxygen atoms in total. The summed E-state index contributed by atoms with van der Waals surface area (Å²) < 4.78 is 16.2. The smallest absolute Gasteiger partial charge is 0.203 e. The van der Waals surface area contributed by atoms with Crippen LogP contribution in [-0.2, 0) is 12.8 Å². The van der Waals surface area contributed by atoms with Crippen molar-refractivity contribution in [2.45, 2.75) is 19.3 Å². The second kappa shape index (κ2) is 7.53. The van der Waals surface area contributed by atoms with E-state index < -0.39 is 0 Å². The van der Waals surface area contributed by atoms with Crippen LogP contribution in [0, 0.1) is 0 Å². The van der Waals surface area contributed by atoms with Gasteiger partial charge in [0.15, 0.2) is 11.5 Å². The highest BCUT2D eigenvalue weighted by Crippen LogP contribution is 2.40. The molecular weight excluding hydrogens is 266 g/mol. The summed E-state index contributed by atoms with van der Waals surface area (Å²) in [5.41, 5.74) is 2.37. The third-order valence-corrected chi connectivity index (χ3v) is 3.42. The van der Waals surface area contributed by atoms with Crippen LogP contribution in [-0.4, -0.2) is 26.3 Å². The second-order valence-electron chi connectivity index (χ2n) is 4.71. The lowest BCUT2D eigenvalue weighted by molar-refractivity contribution is 0.322. The zero-order chi connectivity index (χ0) is 15.1. The monoisotopic (exact) mass is 287 g/mol. The Morgan fingerprint density at radius 1 is 0.905 bits per heavy atom. The van der Waals surface area contributed by atoms with Crippen molar-refractivity contribution in [1.29, 1.82) is 0 Å². The molecule has 21 heavy (non-hydrogen) atoms. The van der Waals surface area contributed by atoms with Gasteiger partial charge in [0.2, 0.25) is 5.75 Å². The molecule has 2 rings (SSSR count). The molecule has 112 valence electrons. The zero-order valence-corrected chi connectivity index (χ0v) is 12.8. The molecule has 0 N–H and O–H groups in total. The highest BCUT2D eigenvalue weighted by molar-refractivity contribution is 5.55. The van der Waals surface area contributed by atoms with Crippen LogP contribution < -0.4 is 14.2 Å². The van der Waals surface area contributed by atoms with Gasteiger partial charge in [-0.1, -0.05) is 12.1 Å². The van der Waals surface area contributed by atoms with E-state index in [1.165, 1.54) is 5.56 Å². The van der Waals surface area contributed by atoms with Crippen LogP contribution in [0.5, 0.6) is 17.2 Å². The van der Waals surface area contributed by atoms with Crippen LogP contribution in [0.3, 0.4) is 0 Å². The first kappa shape index (κ1) is 15.2. The van der Waals surface area contributed by atoms with E-state index in [0.29, 0.717) is 11.5 Å². The molecule has 0 saturated carbocycles. The predicted molar refractivity (Wildman–Crippen MR) is 82.4 cm³/mol. The average molecular weight is 287 g/mol. The van der Waals surface area contributed by atoms with Crippen LogP contribution >= 0.6 is 0 Å². The number of methoxy groups -OCH3 is 3. The van der Waals surface area contributed by atoms with Crippen LogP contribution in [0.2, 0.25) is 0 Å². The normalized spacial score (nSPS) is 10.2. The van der Waals surface area contributed by atoms with Crippen molar-refractivity contribution in [3.05, 3.63) is 47.8 Å². The molecule has 1 aromatic carbocycles. The summed E-state index contributed by atoms with van der Waals surface area (Å²) in [6.07, 6.45) is 6.63. The maximum atomic E-state index is 5.50. The average Bonchev–Trinajstić information content (AvgIpc) is 2.55. The lowest BCUT2D eigenvalue weighted by Gasteiger charge is -2.15. The van der Waals surface area contributed by atoms with Crippen molar-refractivity contribution in [1.82, 2.24) is 4.98 Å². The molecule has 1 aromatic heterocycles. The molecular formula is C17H21NO3. The Bertz CT molecular complexity index is 570. The quantitative estimate of drug-likeness (QED) is 0.783. The van der Waals surface area contributed by atoms with Crippen molar-refractivity contribution >= 4 is 0 Å². The summed E-state index contributed by atoms with van der Waals surface area (Å²) in [4.78, 5) is 4.13. The van der Waals surface area contributed by atoms with Gasteiger partial charge in [-0.2, -0.15) is 0 Å². The highest BCUT2D eigenvalue weighted by atomic mass is 16.5. The van der Waals surface area contributed by atoms with Gasteiger partial charge in [0.1, 0.15) is 0 Å². The molecule has 1 heterocycles. The number of rotatable bonds is 7. The van der Waals surface area contributed by atoms with Gasteiger partial charge < -0.3 is 14.2 Å². The molecule has 0 aliphatic heterocycles. The van der Waals surface area contributed by atoms with E-state index in [1.807, 2.05) is 24.4 Å². The lowest BCUT2D eigenvalue weighted by atomic mass is 10.0. The largest absolute Gasteiger partial charge is 0.493 e. The van der Waals surface area contributed by atoms with Gasteiger partial charge in [0.25, 0.3) is 0 Å². The minimum Gasteiger partial charge on any atom is -0.493 e. The molecule has 0 atom stereocenters. The fraction of sp³-hybridized carbons (Fsp3) is 0.353. The van der Waals surface area contributed by atoms with Crippen molar-refractivity contribution in [3.63, 3.8) is 0 Å². The molecule has 0 amide bonds. The van der Waals surface area contributed by atoms with Gasteiger partial charge in [-0.3, -0.25) is 4.98 Å². The fourth-order valence-electron chi connectivity index (χ4n) is 2.39. The van der Waals surface area contributed by atoms with Gasteiger partial charge in [-0.05, 0) is 42.5 Å². The Morgan fingerprint density at radius 2 is 1.71 bits per heavy atom. The van der Waals surface area contributed by atoms with Crippen LogP contribution in [0.4, 0.5) is 0 Å². The number of pyridine rings is 1. The molecule has 4 heteroatoms. The summed E-state index contributed by atoms with van der Waals surface area (Å²) >= 11 is 0. The topological polar surface area (TPSA) is 40.6 Å². The molecule has 2 aromatic rings. The summed E-state index contributed by atoms with van der Waals surface area (Å²) in [7, 11) is 4.90. The molecule has 0 spiro atoms. The third-order valence-electron chi connectivity index (χ3n) is 3.42. The van der Waals surface area contributed by atoms with Crippen LogP contribution in [0.15, 0.2) is 36.7 Å². The number of aryl methyl sites for hydroxylation is 2. The van der Waals surface area contributed by atoms with E-state index >= 15 is 0 Å². The number of benzene rings is 1. The fourth-order valence-corrected chi connectivity index (χ4v) is 2.39. The van der Waals surface area contributed by atoms with E-state index in [-0.39, 0.29) is 0 Å². The van der Waals surface area contributed by atoms with E-state index in [4.69, 9.17) is 14.2 Å². The first-order chi connectivity index (χ1) is 10.3. The van der Waals surface area contributed by atoms with Crippen molar-refractivity contribution < 1.29 is 14.2 Å². The van der Waals surface area contributed by atoms with Crippen LogP contribution in [0.25, 0.3) is 0 Å². The third kappa shape index (κ3) is 3.66. The van der Waals surface area contributed by atoms with Crippen molar-refractivity contribution in [2.75, 3.05) is 21.3 Å². The van der Waals surface area contributed by atoms with Crippen LogP contribution in [0.1, 0.15) is 17.5 Å². The first-order valence-electron chi connectivity index (χ1n) is 6.97. The van der Waals surface area contributed by atoms with Gasteiger partial charge in [0.05, 0.1) is 21.3 Å². The number of ether oxygens (including phenoxy) is 3. The SMILES string of the molecule is COc1ccc(CCCc2cccnc2)c(OC)c1OC. The summed E-state index contributed by atoms with van der Waals surface area (Å²) in [6, 6.07) is 8.01. The summed E-state index contributed by atoms with van der Waals surface area (Å²) in [5.74, 6) is 2.09. The van der Waals surface area contributed by atoms with E-state index in [1.54, 1.807) is 27.5 Å². The molecule has 0 aliphatic rings. The predicted octanol–water partition coefficient (Wildman–Crippen LogP) is 3.28. The Labute approximate surface area is 125 Å². The van der Waals surface area contributed by atoms with Gasteiger partial charge >= 0.3 is 0 Å². The summed E-state index contributed by atoms with van der Waals surface area (Å²) in [5, 5.41) is 0. The molecule has 0 aliphatic carbocycles. The number of hydrogen-bond acceptors (Lipinski definition) is 4. The van der Waals surface area contributed by atoms with Gasteiger partial charge in [0, 0.05) is 12.4 Å². The summed E-state index contributed by atoms with van der Waals surface area (Å²) in [6.45, 7) is 0. The highest BCUT2D eigenvalue weighted by Gasteiger charge is 2.15.